The summed E-state index contributed by atoms with van der Waals surface area (Å²) in [6.07, 6.45) is -6.51. The Morgan fingerprint density at radius 1 is 0.800 bits per heavy atom. The molecule has 12 nitrogen and oxygen atoms in total. The van der Waals surface area contributed by atoms with E-state index in [-0.39, 0.29) is 33.0 Å². The van der Waals surface area contributed by atoms with Gasteiger partial charge < -0.3 is 58.1 Å². The van der Waals surface area contributed by atoms with Crippen molar-refractivity contribution in [1.29, 1.82) is 0 Å². The molecular weight excluding hydrogens is 447 g/mol. The average molecular weight is 480 g/mol. The van der Waals surface area contributed by atoms with Crippen LogP contribution in [0.3, 0.4) is 0 Å². The molecule has 0 aromatic carbocycles. The van der Waals surface area contributed by atoms with Crippen molar-refractivity contribution in [1.82, 2.24) is 0 Å². The fourth-order valence-electron chi connectivity index (χ4n) is 2.38. The van der Waals surface area contributed by atoms with Gasteiger partial charge in [0.2, 0.25) is 0 Å². The maximum absolute atomic E-state index is 9.82. The van der Waals surface area contributed by atoms with Crippen molar-refractivity contribution < 1.29 is 58.1 Å². The Morgan fingerprint density at radius 3 is 1.87 bits per heavy atom. The third-order valence-electron chi connectivity index (χ3n) is 3.88. The van der Waals surface area contributed by atoms with Gasteiger partial charge >= 0.3 is 6.72 Å². The summed E-state index contributed by atoms with van der Waals surface area (Å²) in [7, 11) is 0. The SMILES string of the molecule is CCOP(O)(=S)OCCOCCOCCOCCO[C@H]1O[C@H](CO)[C@@H](O)[C@H](O)[C@@H]1O. The lowest BCUT2D eigenvalue weighted by Crippen LogP contribution is -2.59. The Labute approximate surface area is 180 Å². The Morgan fingerprint density at radius 2 is 1.33 bits per heavy atom. The molecule has 0 bridgehead atoms. The summed E-state index contributed by atoms with van der Waals surface area (Å²) in [6, 6.07) is 0. The summed E-state index contributed by atoms with van der Waals surface area (Å²) in [5, 5.41) is 38.3. The topological polar surface area (TPSA) is 166 Å². The lowest BCUT2D eigenvalue weighted by Gasteiger charge is -2.39. The molecule has 0 radical (unpaired) electrons. The molecule has 0 aromatic rings. The minimum absolute atomic E-state index is 0.0748. The van der Waals surface area contributed by atoms with E-state index in [2.05, 4.69) is 0 Å². The summed E-state index contributed by atoms with van der Waals surface area (Å²) in [4.78, 5) is 9.54. The Hall–Kier alpha value is 0.170. The van der Waals surface area contributed by atoms with E-state index in [1.807, 2.05) is 0 Å². The van der Waals surface area contributed by atoms with Crippen molar-refractivity contribution in [3.8, 4) is 0 Å². The normalized spacial score (nSPS) is 29.1. The highest BCUT2D eigenvalue weighted by molar-refractivity contribution is 8.07. The van der Waals surface area contributed by atoms with Crippen LogP contribution in [0, 0.1) is 0 Å². The van der Waals surface area contributed by atoms with Gasteiger partial charge in [-0.25, -0.2) is 0 Å². The third-order valence-corrected chi connectivity index (χ3v) is 5.60. The van der Waals surface area contributed by atoms with Gasteiger partial charge in [-0.3, -0.25) is 0 Å². The van der Waals surface area contributed by atoms with Crippen molar-refractivity contribution in [2.45, 2.75) is 37.6 Å². The van der Waals surface area contributed by atoms with Gasteiger partial charge in [0.05, 0.1) is 66.1 Å². The van der Waals surface area contributed by atoms with Crippen LogP contribution in [-0.4, -0.2) is 122 Å². The molecule has 1 fully saturated rings. The van der Waals surface area contributed by atoms with E-state index in [1.165, 1.54) is 0 Å². The zero-order valence-corrected chi connectivity index (χ0v) is 18.6. The van der Waals surface area contributed by atoms with E-state index in [4.69, 9.17) is 49.6 Å². The predicted octanol–water partition coefficient (Wildman–Crippen LogP) is -1.88. The summed E-state index contributed by atoms with van der Waals surface area (Å²) < 4.78 is 36.3. The first-order chi connectivity index (χ1) is 14.3. The Kier molecular flexibility index (Phi) is 14.9. The van der Waals surface area contributed by atoms with Gasteiger partial charge in [-0.2, -0.15) is 0 Å². The highest BCUT2D eigenvalue weighted by Gasteiger charge is 2.43. The van der Waals surface area contributed by atoms with Crippen molar-refractivity contribution >= 4 is 18.5 Å². The fourth-order valence-corrected chi connectivity index (χ4v) is 3.63. The largest absolute Gasteiger partial charge is 0.394 e. The van der Waals surface area contributed by atoms with E-state index in [0.29, 0.717) is 26.4 Å². The molecule has 0 amide bonds. The molecule has 0 aromatic heterocycles. The van der Waals surface area contributed by atoms with E-state index >= 15 is 0 Å². The predicted molar refractivity (Wildman–Crippen MR) is 106 cm³/mol. The van der Waals surface area contributed by atoms with Crippen LogP contribution in [0.4, 0.5) is 0 Å². The molecule has 14 heteroatoms. The highest BCUT2D eigenvalue weighted by Crippen LogP contribution is 2.43. The lowest BCUT2D eigenvalue weighted by atomic mass is 9.99. The van der Waals surface area contributed by atoms with Crippen molar-refractivity contribution in [3.05, 3.63) is 0 Å². The molecule has 5 N–H and O–H groups in total. The second-order valence-corrected chi connectivity index (χ2v) is 8.96. The molecule has 1 unspecified atom stereocenters. The number of aliphatic hydroxyl groups excluding tert-OH is 4. The van der Waals surface area contributed by atoms with Crippen molar-refractivity contribution in [2.75, 3.05) is 66.1 Å². The summed E-state index contributed by atoms with van der Waals surface area (Å²) >= 11 is 4.75. The van der Waals surface area contributed by atoms with Gasteiger partial charge in [-0.15, -0.1) is 0 Å². The molecule has 1 aliphatic rings. The van der Waals surface area contributed by atoms with Gasteiger partial charge in [-0.1, -0.05) is 0 Å². The molecule has 6 atom stereocenters. The monoisotopic (exact) mass is 480 g/mol. The number of rotatable bonds is 17. The second kappa shape index (κ2) is 15.9. The first-order valence-electron chi connectivity index (χ1n) is 9.59. The van der Waals surface area contributed by atoms with Gasteiger partial charge in [-0.05, 0) is 18.7 Å². The van der Waals surface area contributed by atoms with Gasteiger partial charge in [0.15, 0.2) is 6.29 Å². The molecule has 0 saturated carbocycles. The van der Waals surface area contributed by atoms with Crippen LogP contribution in [0.15, 0.2) is 0 Å². The molecule has 180 valence electrons. The quantitative estimate of drug-likeness (QED) is 0.116. The zero-order chi connectivity index (χ0) is 22.4. The maximum atomic E-state index is 9.82. The lowest BCUT2D eigenvalue weighted by molar-refractivity contribution is -0.302. The molecular formula is C16H33O12PS. The molecule has 1 saturated heterocycles. The molecule has 1 rings (SSSR count). The van der Waals surface area contributed by atoms with Gasteiger partial charge in [0.25, 0.3) is 0 Å². The van der Waals surface area contributed by atoms with E-state index < -0.39 is 44.0 Å². The van der Waals surface area contributed by atoms with Crippen LogP contribution in [0.1, 0.15) is 6.92 Å². The Bertz CT molecular complexity index is 485. The van der Waals surface area contributed by atoms with Gasteiger partial charge in [0, 0.05) is 0 Å². The number of hydrogen-bond donors (Lipinski definition) is 5. The summed E-state index contributed by atoms with van der Waals surface area (Å²) in [5.41, 5.74) is 0. The van der Waals surface area contributed by atoms with Crippen LogP contribution in [-0.2, 0) is 44.5 Å². The van der Waals surface area contributed by atoms with Crippen LogP contribution in [0.5, 0.6) is 0 Å². The molecule has 30 heavy (non-hydrogen) atoms. The summed E-state index contributed by atoms with van der Waals surface area (Å²) in [6.45, 7) is 0.309. The van der Waals surface area contributed by atoms with Crippen LogP contribution >= 0.6 is 6.72 Å². The average Bonchev–Trinajstić information content (AvgIpc) is 2.71. The Balaban J connectivity index is 1.94. The number of ether oxygens (including phenoxy) is 5. The van der Waals surface area contributed by atoms with Crippen molar-refractivity contribution in [2.24, 2.45) is 0 Å². The number of aliphatic hydroxyl groups is 4. The maximum Gasteiger partial charge on any atom is 0.324 e. The zero-order valence-electron chi connectivity index (χ0n) is 16.9. The fraction of sp³-hybridized carbons (Fsp3) is 1.00. The van der Waals surface area contributed by atoms with E-state index in [9.17, 15) is 20.2 Å². The highest BCUT2D eigenvalue weighted by atomic mass is 32.5. The van der Waals surface area contributed by atoms with Crippen molar-refractivity contribution in [3.63, 3.8) is 0 Å². The minimum atomic E-state index is -3.16. The van der Waals surface area contributed by atoms with Crippen LogP contribution in [0.25, 0.3) is 0 Å². The molecule has 1 heterocycles. The molecule has 1 aliphatic heterocycles. The van der Waals surface area contributed by atoms with Gasteiger partial charge in [0.1, 0.15) is 24.4 Å². The first kappa shape index (κ1) is 28.2. The molecule has 0 spiro atoms. The van der Waals surface area contributed by atoms with Crippen LogP contribution in [0.2, 0.25) is 0 Å². The minimum Gasteiger partial charge on any atom is -0.394 e. The smallest absolute Gasteiger partial charge is 0.324 e. The first-order valence-corrected chi connectivity index (χ1v) is 12.2. The standard InChI is InChI=1S/C16H33O12PS/c1-2-26-29(21,30)27-10-8-24-6-4-22-3-5-23-7-9-25-16-15(20)14(19)13(18)12(11-17)28-16/h12-20H,2-11H2,1H3,(H,21,30)/t12-,13-,14+,15+,16+,29?/m1/s1. The summed E-state index contributed by atoms with van der Waals surface area (Å²) in [5.74, 6) is 0. The molecule has 0 aliphatic carbocycles. The van der Waals surface area contributed by atoms with Crippen LogP contribution < -0.4 is 0 Å². The van der Waals surface area contributed by atoms with E-state index in [1.54, 1.807) is 6.92 Å². The second-order valence-electron chi connectivity index (χ2n) is 6.12. The van der Waals surface area contributed by atoms with E-state index in [0.717, 1.165) is 0 Å². The third kappa shape index (κ3) is 11.2. The number of hydrogen-bond acceptors (Lipinski definition) is 12.